The maximum Gasteiger partial charge on any atom is 0.228 e. The minimum Gasteiger partial charge on any atom is -0.382 e. The number of rotatable bonds is 4. The van der Waals surface area contributed by atoms with Crippen molar-refractivity contribution < 1.29 is 9.18 Å². The molecule has 0 saturated carbocycles. The molecule has 0 unspecified atom stereocenters. The molecule has 3 N–H and O–H groups in total. The van der Waals surface area contributed by atoms with Crippen molar-refractivity contribution in [1.29, 1.82) is 0 Å². The first-order valence-corrected chi connectivity index (χ1v) is 10.3. The van der Waals surface area contributed by atoms with E-state index in [4.69, 9.17) is 5.73 Å². The molecule has 0 atom stereocenters. The van der Waals surface area contributed by atoms with Crippen LogP contribution in [0.3, 0.4) is 0 Å². The average molecular weight is 415 g/mol. The Balaban J connectivity index is 1.40. The van der Waals surface area contributed by atoms with Crippen molar-refractivity contribution in [2.45, 2.75) is 32.6 Å². The van der Waals surface area contributed by atoms with Gasteiger partial charge in [0.1, 0.15) is 17.7 Å². The number of aromatic nitrogens is 3. The lowest BCUT2D eigenvalue weighted by Crippen LogP contribution is -2.14. The summed E-state index contributed by atoms with van der Waals surface area (Å²) in [6.07, 6.45) is 4.68. The highest BCUT2D eigenvalue weighted by molar-refractivity contribution is 5.93. The smallest absolute Gasteiger partial charge is 0.228 e. The van der Waals surface area contributed by atoms with Gasteiger partial charge in [-0.2, -0.15) is 0 Å². The molecule has 156 valence electrons. The average Bonchev–Trinajstić information content (AvgIpc) is 3.33. The number of halogens is 1. The lowest BCUT2D eigenvalue weighted by Gasteiger charge is -2.12. The number of nitrogens with zero attached hydrogens (tertiary/aromatic N) is 3. The monoisotopic (exact) mass is 415 g/mol. The van der Waals surface area contributed by atoms with Gasteiger partial charge in [0.15, 0.2) is 5.82 Å². The van der Waals surface area contributed by atoms with Gasteiger partial charge < -0.3 is 15.6 Å². The Labute approximate surface area is 178 Å². The third-order valence-corrected chi connectivity index (χ3v) is 5.83. The zero-order valence-corrected chi connectivity index (χ0v) is 17.2. The van der Waals surface area contributed by atoms with Crippen LogP contribution in [0.15, 0.2) is 48.8 Å². The minimum atomic E-state index is -0.301. The van der Waals surface area contributed by atoms with Crippen LogP contribution in [0, 0.1) is 12.7 Å². The Kier molecular flexibility index (Phi) is 4.66. The van der Waals surface area contributed by atoms with E-state index >= 15 is 0 Å². The number of carbonyl (C=O) groups excluding carboxylic acids is 1. The maximum atomic E-state index is 13.7. The zero-order chi connectivity index (χ0) is 21.5. The normalized spacial score (nSPS) is 12.8. The van der Waals surface area contributed by atoms with Gasteiger partial charge in [0, 0.05) is 17.1 Å². The van der Waals surface area contributed by atoms with Crippen molar-refractivity contribution in [3.8, 4) is 5.69 Å². The summed E-state index contributed by atoms with van der Waals surface area (Å²) in [5, 5.41) is 2.88. The molecule has 0 fully saturated rings. The number of hydrogen-bond donors (Lipinski definition) is 2. The fourth-order valence-corrected chi connectivity index (χ4v) is 4.31. The molecule has 2 heterocycles. The van der Waals surface area contributed by atoms with Gasteiger partial charge in [0.25, 0.3) is 0 Å². The van der Waals surface area contributed by atoms with Crippen LogP contribution in [0.2, 0.25) is 0 Å². The Morgan fingerprint density at radius 3 is 2.74 bits per heavy atom. The summed E-state index contributed by atoms with van der Waals surface area (Å²) in [5.74, 6) is -0.0348. The lowest BCUT2D eigenvalue weighted by molar-refractivity contribution is -0.115. The molecule has 7 heteroatoms. The number of fused-ring (bicyclic) bond motifs is 3. The van der Waals surface area contributed by atoms with Crippen molar-refractivity contribution in [2.75, 3.05) is 11.1 Å². The van der Waals surface area contributed by atoms with Crippen LogP contribution >= 0.6 is 0 Å². The summed E-state index contributed by atoms with van der Waals surface area (Å²) in [5.41, 5.74) is 13.2. The first-order valence-electron chi connectivity index (χ1n) is 10.3. The topological polar surface area (TPSA) is 85.8 Å². The number of carbonyl (C=O) groups is 1. The van der Waals surface area contributed by atoms with E-state index < -0.39 is 0 Å². The summed E-state index contributed by atoms with van der Waals surface area (Å²) < 4.78 is 15.9. The first-order chi connectivity index (χ1) is 15.0. The number of hydrogen-bond acceptors (Lipinski definition) is 4. The van der Waals surface area contributed by atoms with E-state index in [1.54, 1.807) is 19.1 Å². The molecule has 31 heavy (non-hydrogen) atoms. The molecule has 6 nitrogen and oxygen atoms in total. The SMILES string of the molecule is Cc1ccc(CC(=O)Nc2ccc(-n3c4c(c5ncnc(N)c53)CCC4)cc2)cc1F. The summed E-state index contributed by atoms with van der Waals surface area (Å²) in [7, 11) is 0. The third-order valence-electron chi connectivity index (χ3n) is 5.83. The van der Waals surface area contributed by atoms with Gasteiger partial charge in [-0.05, 0) is 73.2 Å². The maximum absolute atomic E-state index is 13.7. The van der Waals surface area contributed by atoms with Crippen LogP contribution in [0.5, 0.6) is 0 Å². The zero-order valence-electron chi connectivity index (χ0n) is 17.2. The van der Waals surface area contributed by atoms with Crippen LogP contribution in [-0.4, -0.2) is 20.4 Å². The highest BCUT2D eigenvalue weighted by Gasteiger charge is 2.25. The molecule has 0 spiro atoms. The van der Waals surface area contributed by atoms with Gasteiger partial charge in [0.05, 0.1) is 11.9 Å². The second-order valence-electron chi connectivity index (χ2n) is 7.93. The van der Waals surface area contributed by atoms with Gasteiger partial charge in [-0.25, -0.2) is 14.4 Å². The van der Waals surface area contributed by atoms with Gasteiger partial charge >= 0.3 is 0 Å². The predicted octanol–water partition coefficient (Wildman–Crippen LogP) is 4.12. The van der Waals surface area contributed by atoms with Crippen molar-refractivity contribution in [1.82, 2.24) is 14.5 Å². The quantitative estimate of drug-likeness (QED) is 0.525. The van der Waals surface area contributed by atoms with E-state index in [1.807, 2.05) is 24.3 Å². The van der Waals surface area contributed by atoms with Crippen molar-refractivity contribution in [3.63, 3.8) is 0 Å². The Morgan fingerprint density at radius 1 is 1.16 bits per heavy atom. The molecular weight excluding hydrogens is 393 g/mol. The van der Waals surface area contributed by atoms with Gasteiger partial charge in [0.2, 0.25) is 5.91 Å². The molecule has 0 bridgehead atoms. The van der Waals surface area contributed by atoms with Crippen LogP contribution in [-0.2, 0) is 24.1 Å². The molecule has 1 aliphatic carbocycles. The van der Waals surface area contributed by atoms with Crippen LogP contribution in [0.4, 0.5) is 15.9 Å². The van der Waals surface area contributed by atoms with Crippen molar-refractivity contribution >= 4 is 28.4 Å². The fraction of sp³-hybridized carbons (Fsp3) is 0.208. The van der Waals surface area contributed by atoms with Crippen LogP contribution in [0.1, 0.15) is 28.8 Å². The molecular formula is C24H22FN5O. The Hall–Kier alpha value is -3.74. The van der Waals surface area contributed by atoms with Crippen LogP contribution in [0.25, 0.3) is 16.7 Å². The van der Waals surface area contributed by atoms with Crippen molar-refractivity contribution in [2.24, 2.45) is 0 Å². The molecule has 0 saturated heterocycles. The summed E-state index contributed by atoms with van der Waals surface area (Å²) >= 11 is 0. The summed E-state index contributed by atoms with van der Waals surface area (Å²) in [4.78, 5) is 21.0. The second kappa shape index (κ2) is 7.50. The number of nitrogens with one attached hydrogen (secondary N) is 1. The molecule has 0 aliphatic heterocycles. The summed E-state index contributed by atoms with van der Waals surface area (Å²) in [6.45, 7) is 1.70. The number of benzene rings is 2. The Bertz CT molecular complexity index is 1310. The third kappa shape index (κ3) is 3.42. The standard InChI is InChI=1S/C24H22FN5O/c1-14-5-6-15(11-19(14)25)12-21(31)29-16-7-9-17(10-8-16)30-20-4-2-3-18(20)22-23(30)24(26)28-13-27-22/h5-11,13H,2-4,12H2,1H3,(H,29,31)(H2,26,27,28). The number of amides is 1. The number of aryl methyl sites for hydroxylation is 2. The number of nitrogen functional groups attached to an aromatic ring is 1. The molecule has 4 aromatic rings. The fourth-order valence-electron chi connectivity index (χ4n) is 4.31. The highest BCUT2D eigenvalue weighted by atomic mass is 19.1. The molecule has 2 aromatic carbocycles. The van der Waals surface area contributed by atoms with Gasteiger partial charge in [-0.1, -0.05) is 12.1 Å². The van der Waals surface area contributed by atoms with Gasteiger partial charge in [-0.3, -0.25) is 4.79 Å². The molecule has 1 amide bonds. The molecule has 5 rings (SSSR count). The second-order valence-corrected chi connectivity index (χ2v) is 7.93. The largest absolute Gasteiger partial charge is 0.382 e. The molecule has 2 aromatic heterocycles. The van der Waals surface area contributed by atoms with E-state index in [1.165, 1.54) is 23.7 Å². The summed E-state index contributed by atoms with van der Waals surface area (Å²) in [6, 6.07) is 12.5. The van der Waals surface area contributed by atoms with E-state index in [0.717, 1.165) is 36.0 Å². The number of anilines is 2. The van der Waals surface area contributed by atoms with Crippen LogP contribution < -0.4 is 11.1 Å². The Morgan fingerprint density at radius 2 is 1.97 bits per heavy atom. The van der Waals surface area contributed by atoms with E-state index in [9.17, 15) is 9.18 Å². The van der Waals surface area contributed by atoms with E-state index in [2.05, 4.69) is 19.9 Å². The molecule has 1 aliphatic rings. The van der Waals surface area contributed by atoms with E-state index in [0.29, 0.717) is 22.6 Å². The predicted molar refractivity (Wildman–Crippen MR) is 119 cm³/mol. The minimum absolute atomic E-state index is 0.114. The van der Waals surface area contributed by atoms with Gasteiger partial charge in [-0.15, -0.1) is 0 Å². The molecule has 0 radical (unpaired) electrons. The van der Waals surface area contributed by atoms with E-state index in [-0.39, 0.29) is 18.1 Å². The highest BCUT2D eigenvalue weighted by Crippen LogP contribution is 2.36. The lowest BCUT2D eigenvalue weighted by atomic mass is 10.1. The van der Waals surface area contributed by atoms with Crippen molar-refractivity contribution in [3.05, 3.63) is 77.0 Å². The number of nitrogens with two attached hydrogens (primary N) is 1. The first kappa shape index (κ1) is 19.2.